The second-order valence-electron chi connectivity index (χ2n) is 4.63. The van der Waals surface area contributed by atoms with Gasteiger partial charge in [0, 0.05) is 17.8 Å². The summed E-state index contributed by atoms with van der Waals surface area (Å²) in [4.78, 5) is 23.1. The fourth-order valence-electron chi connectivity index (χ4n) is 1.83. The zero-order valence-corrected chi connectivity index (χ0v) is 10.3. The van der Waals surface area contributed by atoms with Crippen LogP contribution in [0.25, 0.3) is 0 Å². The van der Waals surface area contributed by atoms with Crippen LogP contribution >= 0.6 is 0 Å². The maximum Gasteiger partial charge on any atom is 0.233 e. The largest absolute Gasteiger partial charge is 0.454 e. The van der Waals surface area contributed by atoms with Crippen molar-refractivity contribution < 1.29 is 19.1 Å². The lowest BCUT2D eigenvalue weighted by Gasteiger charge is -2.06. The van der Waals surface area contributed by atoms with Crippen LogP contribution in [0.15, 0.2) is 18.2 Å². The standard InChI is InChI=1S/C13H14N2O4/c16-12(14-8-1-2-8)6-13(17)15-9-3-4-10-11(5-9)19-7-18-10/h3-5,8H,1-2,6-7H2,(H,14,16)(H,15,17). The van der Waals surface area contributed by atoms with Gasteiger partial charge in [0.15, 0.2) is 11.5 Å². The summed E-state index contributed by atoms with van der Waals surface area (Å²) in [6.45, 7) is 0.191. The molecule has 0 radical (unpaired) electrons. The topological polar surface area (TPSA) is 76.7 Å². The average molecular weight is 262 g/mol. The maximum absolute atomic E-state index is 11.7. The van der Waals surface area contributed by atoms with E-state index in [-0.39, 0.29) is 31.1 Å². The SMILES string of the molecule is O=C(CC(=O)NC1CC1)Nc1ccc2c(c1)OCO2. The lowest BCUT2D eigenvalue weighted by Crippen LogP contribution is -2.29. The van der Waals surface area contributed by atoms with Gasteiger partial charge in [-0.05, 0) is 25.0 Å². The van der Waals surface area contributed by atoms with Crippen LogP contribution in [0.4, 0.5) is 5.69 Å². The van der Waals surface area contributed by atoms with E-state index >= 15 is 0 Å². The maximum atomic E-state index is 11.7. The monoisotopic (exact) mass is 262 g/mol. The van der Waals surface area contributed by atoms with Crippen molar-refractivity contribution in [3.63, 3.8) is 0 Å². The van der Waals surface area contributed by atoms with Crippen molar-refractivity contribution in [3.05, 3.63) is 18.2 Å². The number of amides is 2. The number of anilines is 1. The summed E-state index contributed by atoms with van der Waals surface area (Å²) < 4.78 is 10.4. The van der Waals surface area contributed by atoms with E-state index < -0.39 is 0 Å². The van der Waals surface area contributed by atoms with Gasteiger partial charge in [0.25, 0.3) is 0 Å². The third-order valence-corrected chi connectivity index (χ3v) is 2.92. The molecule has 2 amide bonds. The summed E-state index contributed by atoms with van der Waals surface area (Å²) in [7, 11) is 0. The van der Waals surface area contributed by atoms with Crippen LogP contribution in [-0.4, -0.2) is 24.6 Å². The fraction of sp³-hybridized carbons (Fsp3) is 0.385. The number of benzene rings is 1. The van der Waals surface area contributed by atoms with Crippen LogP contribution in [0, 0.1) is 0 Å². The average Bonchev–Trinajstić information content (AvgIpc) is 3.04. The molecule has 6 heteroatoms. The van der Waals surface area contributed by atoms with E-state index in [0.717, 1.165) is 12.8 Å². The molecule has 6 nitrogen and oxygen atoms in total. The minimum absolute atomic E-state index is 0.162. The molecule has 2 aliphatic rings. The number of rotatable bonds is 4. The molecule has 0 bridgehead atoms. The number of hydrogen-bond donors (Lipinski definition) is 2. The van der Waals surface area contributed by atoms with E-state index in [4.69, 9.17) is 9.47 Å². The highest BCUT2D eigenvalue weighted by atomic mass is 16.7. The van der Waals surface area contributed by atoms with Gasteiger partial charge in [-0.3, -0.25) is 9.59 Å². The van der Waals surface area contributed by atoms with E-state index in [2.05, 4.69) is 10.6 Å². The molecule has 1 aromatic carbocycles. The van der Waals surface area contributed by atoms with Gasteiger partial charge in [-0.25, -0.2) is 0 Å². The molecule has 19 heavy (non-hydrogen) atoms. The van der Waals surface area contributed by atoms with Crippen molar-refractivity contribution >= 4 is 17.5 Å². The van der Waals surface area contributed by atoms with Crippen LogP contribution in [0.2, 0.25) is 0 Å². The molecule has 100 valence electrons. The van der Waals surface area contributed by atoms with Gasteiger partial charge in [0.1, 0.15) is 6.42 Å². The quantitative estimate of drug-likeness (QED) is 0.794. The van der Waals surface area contributed by atoms with Crippen molar-refractivity contribution in [1.29, 1.82) is 0 Å². The summed E-state index contributed by atoms with van der Waals surface area (Å²) >= 11 is 0. The Hall–Kier alpha value is -2.24. The zero-order valence-electron chi connectivity index (χ0n) is 10.3. The molecule has 0 spiro atoms. The molecule has 0 aromatic heterocycles. The number of fused-ring (bicyclic) bond motifs is 1. The Kier molecular flexibility index (Phi) is 2.98. The van der Waals surface area contributed by atoms with Gasteiger partial charge in [-0.1, -0.05) is 0 Å². The lowest BCUT2D eigenvalue weighted by molar-refractivity contribution is -0.126. The van der Waals surface area contributed by atoms with E-state index in [1.165, 1.54) is 0 Å². The molecule has 2 N–H and O–H groups in total. The predicted molar refractivity (Wildman–Crippen MR) is 67.0 cm³/mol. The lowest BCUT2D eigenvalue weighted by atomic mass is 10.2. The zero-order chi connectivity index (χ0) is 13.2. The Labute approximate surface area is 110 Å². The highest BCUT2D eigenvalue weighted by Crippen LogP contribution is 2.34. The van der Waals surface area contributed by atoms with Gasteiger partial charge in [-0.15, -0.1) is 0 Å². The van der Waals surface area contributed by atoms with Crippen molar-refractivity contribution in [2.45, 2.75) is 25.3 Å². The summed E-state index contributed by atoms with van der Waals surface area (Å²) in [6.07, 6.45) is 1.86. The van der Waals surface area contributed by atoms with Gasteiger partial charge < -0.3 is 20.1 Å². The Morgan fingerprint density at radius 1 is 1.16 bits per heavy atom. The molecular weight excluding hydrogens is 248 g/mol. The first-order chi connectivity index (χ1) is 9.20. The highest BCUT2D eigenvalue weighted by molar-refractivity contribution is 6.03. The van der Waals surface area contributed by atoms with E-state index in [0.29, 0.717) is 17.2 Å². The van der Waals surface area contributed by atoms with Gasteiger partial charge in [-0.2, -0.15) is 0 Å². The number of carbonyl (C=O) groups excluding carboxylic acids is 2. The number of carbonyl (C=O) groups is 2. The highest BCUT2D eigenvalue weighted by Gasteiger charge is 2.24. The first kappa shape index (κ1) is 11.8. The number of ether oxygens (including phenoxy) is 2. The first-order valence-electron chi connectivity index (χ1n) is 6.19. The van der Waals surface area contributed by atoms with Crippen LogP contribution in [0.3, 0.4) is 0 Å². The molecule has 1 aromatic rings. The van der Waals surface area contributed by atoms with E-state index in [1.54, 1.807) is 18.2 Å². The summed E-state index contributed by atoms with van der Waals surface area (Å²) in [6, 6.07) is 5.39. The minimum atomic E-state index is -0.336. The first-order valence-corrected chi connectivity index (χ1v) is 6.19. The minimum Gasteiger partial charge on any atom is -0.454 e. The van der Waals surface area contributed by atoms with Crippen molar-refractivity contribution in [1.82, 2.24) is 5.32 Å². The Balaban J connectivity index is 1.55. The molecule has 3 rings (SSSR count). The van der Waals surface area contributed by atoms with Gasteiger partial charge in [0.2, 0.25) is 18.6 Å². The second kappa shape index (κ2) is 4.79. The summed E-state index contributed by atoms with van der Waals surface area (Å²) in [5, 5.41) is 5.43. The summed E-state index contributed by atoms with van der Waals surface area (Å²) in [5.74, 6) is 0.683. The Morgan fingerprint density at radius 3 is 2.74 bits per heavy atom. The number of nitrogens with one attached hydrogen (secondary N) is 2. The smallest absolute Gasteiger partial charge is 0.233 e. The predicted octanol–water partition coefficient (Wildman–Crippen LogP) is 1.02. The Bertz CT molecular complexity index is 525. The third kappa shape index (κ3) is 2.96. The van der Waals surface area contributed by atoms with Crippen molar-refractivity contribution in [2.75, 3.05) is 12.1 Å². The molecule has 1 aliphatic carbocycles. The van der Waals surface area contributed by atoms with Gasteiger partial charge in [0.05, 0.1) is 0 Å². The fourth-order valence-corrected chi connectivity index (χ4v) is 1.83. The van der Waals surface area contributed by atoms with Crippen molar-refractivity contribution in [3.8, 4) is 11.5 Å². The molecule has 1 heterocycles. The third-order valence-electron chi connectivity index (χ3n) is 2.92. The van der Waals surface area contributed by atoms with Crippen LogP contribution in [0.1, 0.15) is 19.3 Å². The molecule has 1 aliphatic heterocycles. The van der Waals surface area contributed by atoms with Crippen LogP contribution in [-0.2, 0) is 9.59 Å². The molecule has 1 saturated carbocycles. The summed E-state index contributed by atoms with van der Waals surface area (Å²) in [5.41, 5.74) is 0.591. The molecular formula is C13H14N2O4. The van der Waals surface area contributed by atoms with E-state index in [9.17, 15) is 9.59 Å². The van der Waals surface area contributed by atoms with Crippen LogP contribution in [0.5, 0.6) is 11.5 Å². The Morgan fingerprint density at radius 2 is 1.95 bits per heavy atom. The van der Waals surface area contributed by atoms with E-state index in [1.807, 2.05) is 0 Å². The second-order valence-corrected chi connectivity index (χ2v) is 4.63. The molecule has 0 unspecified atom stereocenters. The van der Waals surface area contributed by atoms with Gasteiger partial charge >= 0.3 is 0 Å². The van der Waals surface area contributed by atoms with Crippen molar-refractivity contribution in [2.24, 2.45) is 0 Å². The van der Waals surface area contributed by atoms with Crippen LogP contribution < -0.4 is 20.1 Å². The normalized spacial score (nSPS) is 16.0. The number of hydrogen-bond acceptors (Lipinski definition) is 4. The molecule has 0 saturated heterocycles. The molecule has 1 fully saturated rings. The molecule has 0 atom stereocenters.